The van der Waals surface area contributed by atoms with Gasteiger partial charge in [-0.1, -0.05) is 0 Å². The van der Waals surface area contributed by atoms with Crippen molar-refractivity contribution in [3.05, 3.63) is 0 Å². The van der Waals surface area contributed by atoms with Gasteiger partial charge >= 0.3 is 0 Å². The molecule has 2 aliphatic heterocycles. The molecule has 2 aliphatic rings. The second-order valence-electron chi connectivity index (χ2n) is 3.88. The molecule has 1 unspecified atom stereocenters. The molecule has 15 heavy (non-hydrogen) atoms. The van der Waals surface area contributed by atoms with E-state index in [1.54, 1.807) is 0 Å². The Bertz CT molecular complexity index is 256. The van der Waals surface area contributed by atoms with Crippen LogP contribution in [0, 0.1) is 0 Å². The van der Waals surface area contributed by atoms with E-state index in [0.717, 1.165) is 13.1 Å². The fourth-order valence-corrected chi connectivity index (χ4v) is 2.96. The predicted octanol–water partition coefficient (Wildman–Crippen LogP) is -1.86. The molecule has 86 valence electrons. The fourth-order valence-electron chi connectivity index (χ4n) is 1.91. The molecular weight excluding hydrogens is 214 g/mol. The Kier molecular flexibility index (Phi) is 3.71. The van der Waals surface area contributed by atoms with Gasteiger partial charge < -0.3 is 15.5 Å². The average molecular weight is 231 g/mol. The number of carbonyl (C=O) groups is 1. The van der Waals surface area contributed by atoms with Crippen LogP contribution in [-0.2, 0) is 15.6 Å². The number of nitrogens with one attached hydrogen (secondary N) is 2. The molecular formula is C9H17N3O2S. The average Bonchev–Trinajstić information content (AvgIpc) is 2.30. The molecule has 0 radical (unpaired) electrons. The molecule has 2 N–H and O–H groups in total. The predicted molar refractivity (Wildman–Crippen MR) is 59.1 cm³/mol. The van der Waals surface area contributed by atoms with Crippen molar-refractivity contribution in [2.24, 2.45) is 0 Å². The van der Waals surface area contributed by atoms with Gasteiger partial charge in [-0.15, -0.1) is 0 Å². The Hall–Kier alpha value is -0.460. The Labute approximate surface area is 92.0 Å². The van der Waals surface area contributed by atoms with Gasteiger partial charge in [0.2, 0.25) is 5.91 Å². The minimum Gasteiger partial charge on any atom is -0.339 e. The normalized spacial score (nSPS) is 29.1. The summed E-state index contributed by atoms with van der Waals surface area (Å²) in [6.45, 7) is 3.76. The van der Waals surface area contributed by atoms with E-state index in [4.69, 9.17) is 0 Å². The molecule has 0 saturated carbocycles. The van der Waals surface area contributed by atoms with Crippen molar-refractivity contribution >= 4 is 16.7 Å². The van der Waals surface area contributed by atoms with Crippen LogP contribution in [0.4, 0.5) is 0 Å². The second kappa shape index (κ2) is 5.05. The highest BCUT2D eigenvalue weighted by molar-refractivity contribution is 7.85. The third kappa shape index (κ3) is 2.76. The summed E-state index contributed by atoms with van der Waals surface area (Å²) in [4.78, 5) is 13.8. The van der Waals surface area contributed by atoms with Crippen LogP contribution < -0.4 is 10.6 Å². The second-order valence-corrected chi connectivity index (χ2v) is 5.58. The Morgan fingerprint density at radius 3 is 2.60 bits per heavy atom. The van der Waals surface area contributed by atoms with E-state index in [0.29, 0.717) is 31.1 Å². The Morgan fingerprint density at radius 2 is 2.00 bits per heavy atom. The van der Waals surface area contributed by atoms with Crippen molar-refractivity contribution < 1.29 is 9.00 Å². The van der Waals surface area contributed by atoms with Crippen LogP contribution in [-0.4, -0.2) is 65.3 Å². The summed E-state index contributed by atoms with van der Waals surface area (Å²) >= 11 is 0. The quantitative estimate of drug-likeness (QED) is 0.555. The molecule has 0 aromatic heterocycles. The van der Waals surface area contributed by atoms with Gasteiger partial charge in [-0.25, -0.2) is 0 Å². The van der Waals surface area contributed by atoms with Crippen molar-refractivity contribution in [1.29, 1.82) is 0 Å². The first-order valence-electron chi connectivity index (χ1n) is 5.35. The SMILES string of the molecule is O=C(C1CNCCN1)N1CCS(=O)CC1. The molecule has 0 aliphatic carbocycles. The number of rotatable bonds is 1. The minimum absolute atomic E-state index is 0.0923. The molecule has 0 spiro atoms. The summed E-state index contributed by atoms with van der Waals surface area (Å²) in [5.74, 6) is 1.41. The van der Waals surface area contributed by atoms with Crippen LogP contribution in [0.1, 0.15) is 0 Å². The zero-order chi connectivity index (χ0) is 10.7. The maximum Gasteiger partial charge on any atom is 0.241 e. The van der Waals surface area contributed by atoms with Gasteiger partial charge in [0.25, 0.3) is 0 Å². The molecule has 1 atom stereocenters. The lowest BCUT2D eigenvalue weighted by atomic mass is 10.2. The number of amides is 1. The van der Waals surface area contributed by atoms with Crippen molar-refractivity contribution in [1.82, 2.24) is 15.5 Å². The van der Waals surface area contributed by atoms with Gasteiger partial charge in [-0.2, -0.15) is 0 Å². The number of hydrogen-bond acceptors (Lipinski definition) is 4. The Morgan fingerprint density at radius 1 is 1.27 bits per heavy atom. The van der Waals surface area contributed by atoms with Crippen LogP contribution in [0.15, 0.2) is 0 Å². The van der Waals surface area contributed by atoms with E-state index in [1.807, 2.05) is 4.90 Å². The van der Waals surface area contributed by atoms with Crippen LogP contribution in [0.3, 0.4) is 0 Å². The molecule has 2 rings (SSSR count). The van der Waals surface area contributed by atoms with E-state index < -0.39 is 10.8 Å². The van der Waals surface area contributed by atoms with Gasteiger partial charge in [0.15, 0.2) is 0 Å². The highest BCUT2D eigenvalue weighted by Gasteiger charge is 2.27. The summed E-state index contributed by atoms with van der Waals surface area (Å²) in [5.41, 5.74) is 0. The summed E-state index contributed by atoms with van der Waals surface area (Å²) in [6, 6.07) is -0.0923. The van der Waals surface area contributed by atoms with Gasteiger partial charge in [0, 0.05) is 55.0 Å². The van der Waals surface area contributed by atoms with E-state index in [1.165, 1.54) is 0 Å². The lowest BCUT2D eigenvalue weighted by Gasteiger charge is -2.32. The van der Waals surface area contributed by atoms with Gasteiger partial charge in [-0.3, -0.25) is 9.00 Å². The van der Waals surface area contributed by atoms with Crippen LogP contribution in [0.2, 0.25) is 0 Å². The monoisotopic (exact) mass is 231 g/mol. The highest BCUT2D eigenvalue weighted by atomic mass is 32.2. The maximum absolute atomic E-state index is 12.0. The maximum atomic E-state index is 12.0. The molecule has 5 nitrogen and oxygen atoms in total. The number of carbonyl (C=O) groups excluding carboxylic acids is 1. The van der Waals surface area contributed by atoms with E-state index in [-0.39, 0.29) is 11.9 Å². The van der Waals surface area contributed by atoms with Gasteiger partial charge in [0.1, 0.15) is 0 Å². The zero-order valence-electron chi connectivity index (χ0n) is 8.70. The van der Waals surface area contributed by atoms with Crippen molar-refractivity contribution in [3.63, 3.8) is 0 Å². The Balaban J connectivity index is 1.86. The summed E-state index contributed by atoms with van der Waals surface area (Å²) in [6.07, 6.45) is 0. The first kappa shape index (κ1) is 11.0. The van der Waals surface area contributed by atoms with Crippen LogP contribution >= 0.6 is 0 Å². The largest absolute Gasteiger partial charge is 0.339 e. The number of hydrogen-bond donors (Lipinski definition) is 2. The summed E-state index contributed by atoms with van der Waals surface area (Å²) in [7, 11) is -0.712. The topological polar surface area (TPSA) is 61.4 Å². The van der Waals surface area contributed by atoms with Crippen molar-refractivity contribution in [2.75, 3.05) is 44.2 Å². The van der Waals surface area contributed by atoms with Crippen molar-refractivity contribution in [3.8, 4) is 0 Å². The smallest absolute Gasteiger partial charge is 0.241 e. The lowest BCUT2D eigenvalue weighted by molar-refractivity contribution is -0.133. The molecule has 2 saturated heterocycles. The zero-order valence-corrected chi connectivity index (χ0v) is 9.52. The summed E-state index contributed by atoms with van der Waals surface area (Å²) < 4.78 is 11.2. The molecule has 2 fully saturated rings. The van der Waals surface area contributed by atoms with Crippen LogP contribution in [0.25, 0.3) is 0 Å². The number of nitrogens with zero attached hydrogens (tertiary/aromatic N) is 1. The molecule has 0 aromatic carbocycles. The van der Waals surface area contributed by atoms with Gasteiger partial charge in [0.05, 0.1) is 6.04 Å². The first-order chi connectivity index (χ1) is 7.27. The standard InChI is InChI=1S/C9H17N3O2S/c13-9(8-7-10-1-2-11-8)12-3-5-15(14)6-4-12/h8,10-11H,1-7H2. The first-order valence-corrected chi connectivity index (χ1v) is 6.84. The third-order valence-electron chi connectivity index (χ3n) is 2.83. The third-order valence-corrected chi connectivity index (χ3v) is 4.10. The number of piperazine rings is 1. The molecule has 6 heteroatoms. The van der Waals surface area contributed by atoms with E-state index in [9.17, 15) is 9.00 Å². The summed E-state index contributed by atoms with van der Waals surface area (Å²) in [5, 5.41) is 6.39. The molecule has 2 heterocycles. The minimum atomic E-state index is -0.712. The molecule has 1 amide bonds. The lowest BCUT2D eigenvalue weighted by Crippen LogP contribution is -2.58. The fraction of sp³-hybridized carbons (Fsp3) is 0.889. The highest BCUT2D eigenvalue weighted by Crippen LogP contribution is 2.03. The van der Waals surface area contributed by atoms with E-state index in [2.05, 4.69) is 10.6 Å². The van der Waals surface area contributed by atoms with Crippen molar-refractivity contribution in [2.45, 2.75) is 6.04 Å². The van der Waals surface area contributed by atoms with E-state index >= 15 is 0 Å². The van der Waals surface area contributed by atoms with Crippen LogP contribution in [0.5, 0.6) is 0 Å². The molecule has 0 aromatic rings. The molecule has 0 bridgehead atoms. The van der Waals surface area contributed by atoms with Gasteiger partial charge in [-0.05, 0) is 0 Å².